The smallest absolute Gasteiger partial charge is 0.254 e. The number of para-hydroxylation sites is 2. The largest absolute Gasteiger partial charge is 0.339 e. The van der Waals surface area contributed by atoms with Crippen LogP contribution < -0.4 is 0 Å². The summed E-state index contributed by atoms with van der Waals surface area (Å²) >= 11 is 0. The number of aromatic nitrogens is 2. The molecule has 0 saturated carbocycles. The van der Waals surface area contributed by atoms with Gasteiger partial charge in [0.15, 0.2) is 0 Å². The Kier molecular flexibility index (Phi) is 6.71. The van der Waals surface area contributed by atoms with Gasteiger partial charge in [0.1, 0.15) is 5.82 Å². The summed E-state index contributed by atoms with van der Waals surface area (Å²) < 4.78 is 2.53. The highest BCUT2D eigenvalue weighted by Crippen LogP contribution is 2.45. The number of likely N-dealkylation sites (tertiary alicyclic amines) is 1. The number of fused-ring (bicyclic) bond motifs is 3. The number of rotatable bonds is 6. The zero-order chi connectivity index (χ0) is 27.1. The molecule has 3 fully saturated rings. The summed E-state index contributed by atoms with van der Waals surface area (Å²) in [5.74, 6) is 1.26. The number of nitrogens with zero attached hydrogens (tertiary/aromatic N) is 4. The van der Waals surface area contributed by atoms with Crippen molar-refractivity contribution < 1.29 is 4.79 Å². The molecule has 3 aliphatic heterocycles. The van der Waals surface area contributed by atoms with Crippen molar-refractivity contribution in [3.63, 3.8) is 0 Å². The Balaban J connectivity index is 1.07. The zero-order valence-electron chi connectivity index (χ0n) is 23.5. The lowest BCUT2D eigenvalue weighted by Crippen LogP contribution is -2.49. The maximum Gasteiger partial charge on any atom is 0.254 e. The molecule has 0 aliphatic carbocycles. The van der Waals surface area contributed by atoms with Crippen LogP contribution in [0.1, 0.15) is 72.7 Å². The quantitative estimate of drug-likeness (QED) is 0.282. The van der Waals surface area contributed by atoms with Gasteiger partial charge >= 0.3 is 0 Å². The summed E-state index contributed by atoms with van der Waals surface area (Å²) in [5, 5.41) is 0. The first-order chi connectivity index (χ1) is 19.6. The summed E-state index contributed by atoms with van der Waals surface area (Å²) in [6, 6.07) is 32.2. The first-order valence-corrected chi connectivity index (χ1v) is 15.1. The highest BCUT2D eigenvalue weighted by atomic mass is 16.2. The van der Waals surface area contributed by atoms with Crippen LogP contribution in [0, 0.1) is 13.0 Å². The molecule has 3 saturated heterocycles. The van der Waals surface area contributed by atoms with Crippen molar-refractivity contribution in [3.05, 3.63) is 102 Å². The summed E-state index contributed by atoms with van der Waals surface area (Å²) in [7, 11) is 0. The van der Waals surface area contributed by atoms with Gasteiger partial charge in [0.25, 0.3) is 5.91 Å². The average molecular weight is 532 g/mol. The van der Waals surface area contributed by atoms with E-state index in [0.29, 0.717) is 23.7 Å². The van der Waals surface area contributed by atoms with Crippen molar-refractivity contribution in [2.24, 2.45) is 0 Å². The van der Waals surface area contributed by atoms with Gasteiger partial charge in [0.2, 0.25) is 0 Å². The molecule has 40 heavy (non-hydrogen) atoms. The Bertz CT molecular complexity index is 1460. The Morgan fingerprint density at radius 2 is 1.60 bits per heavy atom. The molecule has 205 valence electrons. The molecule has 4 heterocycles. The molecule has 7 rings (SSSR count). The van der Waals surface area contributed by atoms with Crippen LogP contribution in [-0.4, -0.2) is 57.0 Å². The number of hydrogen-bond donors (Lipinski definition) is 0. The lowest BCUT2D eigenvalue weighted by molar-refractivity contribution is 0.0606. The second-order valence-electron chi connectivity index (χ2n) is 12.2. The van der Waals surface area contributed by atoms with E-state index in [1.54, 1.807) is 0 Å². The van der Waals surface area contributed by atoms with Gasteiger partial charge in [-0.2, -0.15) is 0 Å². The van der Waals surface area contributed by atoms with E-state index in [0.717, 1.165) is 50.2 Å². The van der Waals surface area contributed by atoms with E-state index in [2.05, 4.69) is 77.1 Å². The van der Waals surface area contributed by atoms with Gasteiger partial charge in [-0.3, -0.25) is 9.69 Å². The van der Waals surface area contributed by atoms with Crippen molar-refractivity contribution in [2.45, 2.75) is 75.4 Å². The van der Waals surface area contributed by atoms with Crippen LogP contribution in [-0.2, 0) is 5.41 Å². The summed E-state index contributed by atoms with van der Waals surface area (Å²) in [5.41, 5.74) is 4.64. The number of carbonyl (C=O) groups is 1. The molecule has 0 spiro atoms. The van der Waals surface area contributed by atoms with Crippen molar-refractivity contribution in [1.29, 1.82) is 0 Å². The fourth-order valence-corrected chi connectivity index (χ4v) is 8.10. The number of piperidine rings is 2. The lowest BCUT2D eigenvalue weighted by atomic mass is 9.70. The van der Waals surface area contributed by atoms with Crippen LogP contribution >= 0.6 is 0 Å². The summed E-state index contributed by atoms with van der Waals surface area (Å²) in [6.07, 6.45) is 8.23. The third-order valence-corrected chi connectivity index (χ3v) is 10.2. The molecule has 2 unspecified atom stereocenters. The first kappa shape index (κ1) is 25.5. The normalized spacial score (nSPS) is 24.4. The van der Waals surface area contributed by atoms with E-state index in [-0.39, 0.29) is 11.3 Å². The van der Waals surface area contributed by atoms with E-state index >= 15 is 0 Å². The van der Waals surface area contributed by atoms with E-state index in [9.17, 15) is 4.79 Å². The van der Waals surface area contributed by atoms with E-state index in [4.69, 9.17) is 4.98 Å². The Morgan fingerprint density at radius 3 is 2.33 bits per heavy atom. The van der Waals surface area contributed by atoms with Crippen LogP contribution in [0.3, 0.4) is 0 Å². The highest BCUT2D eigenvalue weighted by Gasteiger charge is 2.44. The third-order valence-electron chi connectivity index (χ3n) is 10.2. The van der Waals surface area contributed by atoms with E-state index in [1.165, 1.54) is 36.8 Å². The first-order valence-electron chi connectivity index (χ1n) is 15.1. The number of hydrogen-bond acceptors (Lipinski definition) is 3. The topological polar surface area (TPSA) is 41.4 Å². The van der Waals surface area contributed by atoms with Crippen LogP contribution in [0.5, 0.6) is 0 Å². The third kappa shape index (κ3) is 4.54. The molecule has 1 radical (unpaired) electrons. The Hall–Kier alpha value is -3.44. The predicted octanol–water partition coefficient (Wildman–Crippen LogP) is 6.58. The van der Waals surface area contributed by atoms with Gasteiger partial charge < -0.3 is 9.47 Å². The zero-order valence-corrected chi connectivity index (χ0v) is 23.5. The van der Waals surface area contributed by atoms with E-state index < -0.39 is 0 Å². The SMILES string of the molecule is Cc1nc2ccccc2n1C1CC2CCC(C1)N2CCC1(c2ccccc2)CCN(C(=O)c2[c]cccc2)CC1. The number of carbonyl (C=O) groups excluding carboxylic acids is 1. The highest BCUT2D eigenvalue weighted by molar-refractivity contribution is 5.94. The molecular formula is C35H39N4O. The van der Waals surface area contributed by atoms with Gasteiger partial charge in [-0.15, -0.1) is 0 Å². The minimum atomic E-state index is 0.115. The lowest BCUT2D eigenvalue weighted by Gasteiger charge is -2.45. The van der Waals surface area contributed by atoms with Crippen molar-refractivity contribution in [1.82, 2.24) is 19.4 Å². The second-order valence-corrected chi connectivity index (χ2v) is 12.2. The van der Waals surface area contributed by atoms with Crippen molar-refractivity contribution >= 4 is 16.9 Å². The van der Waals surface area contributed by atoms with Gasteiger partial charge in [0, 0.05) is 36.8 Å². The maximum absolute atomic E-state index is 13.2. The Morgan fingerprint density at radius 1 is 0.900 bits per heavy atom. The van der Waals surface area contributed by atoms with Gasteiger partial charge in [-0.05, 0) is 93.7 Å². The van der Waals surface area contributed by atoms with Crippen LogP contribution in [0.25, 0.3) is 11.0 Å². The molecular weight excluding hydrogens is 492 g/mol. The van der Waals surface area contributed by atoms with Gasteiger partial charge in [-0.25, -0.2) is 4.98 Å². The minimum Gasteiger partial charge on any atom is -0.339 e. The molecule has 5 nitrogen and oxygen atoms in total. The van der Waals surface area contributed by atoms with Crippen molar-refractivity contribution in [2.75, 3.05) is 19.6 Å². The number of benzene rings is 3. The fraction of sp³-hybridized carbons (Fsp3) is 0.429. The van der Waals surface area contributed by atoms with Crippen LogP contribution in [0.4, 0.5) is 0 Å². The molecule has 5 heteroatoms. The molecule has 4 aromatic rings. The molecule has 0 N–H and O–H groups in total. The number of aryl methyl sites for hydroxylation is 1. The second kappa shape index (κ2) is 10.5. The summed E-state index contributed by atoms with van der Waals surface area (Å²) in [6.45, 7) is 4.92. The summed E-state index contributed by atoms with van der Waals surface area (Å²) in [4.78, 5) is 22.9. The van der Waals surface area contributed by atoms with E-state index in [1.807, 2.05) is 29.2 Å². The maximum atomic E-state index is 13.2. The fourth-order valence-electron chi connectivity index (χ4n) is 8.10. The van der Waals surface area contributed by atoms with Gasteiger partial charge in [-0.1, -0.05) is 60.7 Å². The molecule has 1 amide bonds. The molecule has 2 atom stereocenters. The number of amides is 1. The molecule has 3 aliphatic rings. The molecule has 3 aromatic carbocycles. The van der Waals surface area contributed by atoms with Gasteiger partial charge in [0.05, 0.1) is 11.0 Å². The molecule has 2 bridgehead atoms. The van der Waals surface area contributed by atoms with Crippen LogP contribution in [0.15, 0.2) is 78.9 Å². The van der Waals surface area contributed by atoms with Crippen molar-refractivity contribution in [3.8, 4) is 0 Å². The van der Waals surface area contributed by atoms with Crippen LogP contribution in [0.2, 0.25) is 0 Å². The monoisotopic (exact) mass is 531 g/mol. The molecule has 1 aromatic heterocycles. The Labute approximate surface area is 237 Å². The standard InChI is InChI=1S/C35H39N4O/c1-26-36-32-14-8-9-15-33(32)39(26)31-24-29-16-17-30(25-31)38(29)23-20-35(28-12-6-3-7-13-28)18-21-37(22-19-35)34(40)27-10-4-2-5-11-27/h2-10,12-15,29-31H,16-25H2,1H3. The minimum absolute atomic E-state index is 0.115. The number of imidazole rings is 1. The average Bonchev–Trinajstić information content (AvgIpc) is 3.47. The predicted molar refractivity (Wildman–Crippen MR) is 159 cm³/mol.